The van der Waals surface area contributed by atoms with E-state index in [1.165, 1.54) is 48.2 Å². The molecule has 0 aliphatic carbocycles. The first-order valence-corrected chi connectivity index (χ1v) is 13.4. The number of aromatic carboxylic acids is 1. The van der Waals surface area contributed by atoms with Crippen LogP contribution in [0.1, 0.15) is 44.3 Å². The number of nitrogens with one attached hydrogen (secondary N) is 1. The highest BCUT2D eigenvalue weighted by Gasteiger charge is 2.34. The van der Waals surface area contributed by atoms with Crippen molar-refractivity contribution in [2.45, 2.75) is 18.9 Å². The molecule has 2 N–H and O–H groups in total. The molecule has 1 unspecified atom stereocenters. The predicted molar refractivity (Wildman–Crippen MR) is 147 cm³/mol. The van der Waals surface area contributed by atoms with Crippen molar-refractivity contribution < 1.29 is 33.4 Å². The van der Waals surface area contributed by atoms with Gasteiger partial charge >= 0.3 is 5.97 Å². The maximum atomic E-state index is 13.7. The van der Waals surface area contributed by atoms with E-state index in [0.29, 0.717) is 63.1 Å². The van der Waals surface area contributed by atoms with Crippen LogP contribution in [0.25, 0.3) is 0 Å². The molecule has 0 spiro atoms. The van der Waals surface area contributed by atoms with Crippen LogP contribution >= 0.6 is 0 Å². The number of carboxylic acids is 1. The lowest BCUT2D eigenvalue weighted by Gasteiger charge is -2.28. The molecule has 41 heavy (non-hydrogen) atoms. The third kappa shape index (κ3) is 6.39. The summed E-state index contributed by atoms with van der Waals surface area (Å²) >= 11 is 0. The predicted octanol–water partition coefficient (Wildman–Crippen LogP) is 2.68. The minimum atomic E-state index is -1.15. The number of carbonyl (C=O) groups is 3. The van der Waals surface area contributed by atoms with Gasteiger partial charge in [0.25, 0.3) is 5.91 Å². The van der Waals surface area contributed by atoms with Gasteiger partial charge < -0.3 is 24.8 Å². The number of carboxylic acid groups (broad SMARTS) is 1. The maximum Gasteiger partial charge on any atom is 0.335 e. The van der Waals surface area contributed by atoms with Gasteiger partial charge in [0.2, 0.25) is 5.91 Å². The second-order valence-corrected chi connectivity index (χ2v) is 10.1. The highest BCUT2D eigenvalue weighted by atomic mass is 19.1. The molecule has 216 valence electrons. The molecule has 2 aliphatic heterocycles. The summed E-state index contributed by atoms with van der Waals surface area (Å²) in [5.41, 5.74) is 1.47. The zero-order valence-corrected chi connectivity index (χ0v) is 22.7. The number of rotatable bonds is 9. The van der Waals surface area contributed by atoms with E-state index >= 15 is 0 Å². The van der Waals surface area contributed by atoms with E-state index in [4.69, 9.17) is 9.47 Å². The first kappa shape index (κ1) is 28.2. The number of benzene rings is 2. The van der Waals surface area contributed by atoms with Crippen LogP contribution in [0.2, 0.25) is 0 Å². The van der Waals surface area contributed by atoms with E-state index < -0.39 is 11.9 Å². The van der Waals surface area contributed by atoms with Crippen molar-refractivity contribution in [3.63, 3.8) is 0 Å². The molecule has 0 saturated carbocycles. The van der Waals surface area contributed by atoms with Gasteiger partial charge in [-0.05, 0) is 48.9 Å². The minimum Gasteiger partial charge on any atom is -0.491 e. The topological polar surface area (TPSA) is 126 Å². The number of likely N-dealkylation sites (tertiary alicyclic amines) is 1. The monoisotopic (exact) mass is 565 g/mol. The van der Waals surface area contributed by atoms with Gasteiger partial charge in [-0.3, -0.25) is 14.5 Å². The fourth-order valence-corrected chi connectivity index (χ4v) is 5.19. The summed E-state index contributed by atoms with van der Waals surface area (Å²) in [5.74, 6) is -1.39. The number of amides is 1. The zero-order chi connectivity index (χ0) is 28.9. The average Bonchev–Trinajstić information content (AvgIpc) is 3.61. The normalized spacial score (nSPS) is 17.4. The molecule has 2 fully saturated rings. The molecule has 11 nitrogen and oxygen atoms in total. The van der Waals surface area contributed by atoms with Crippen LogP contribution in [0.5, 0.6) is 5.75 Å². The van der Waals surface area contributed by atoms with Crippen molar-refractivity contribution in [3.8, 4) is 5.75 Å². The van der Waals surface area contributed by atoms with Crippen molar-refractivity contribution in [2.24, 2.45) is 0 Å². The van der Waals surface area contributed by atoms with Crippen LogP contribution in [0, 0.1) is 5.82 Å². The molecule has 2 aliphatic rings. The first-order chi connectivity index (χ1) is 19.8. The second kappa shape index (κ2) is 12.5. The van der Waals surface area contributed by atoms with Gasteiger partial charge in [-0.2, -0.15) is 9.78 Å². The third-order valence-corrected chi connectivity index (χ3v) is 7.38. The molecular formula is C29H32FN5O6. The van der Waals surface area contributed by atoms with Crippen molar-refractivity contribution in [1.29, 1.82) is 0 Å². The van der Waals surface area contributed by atoms with Crippen LogP contribution in [0.3, 0.4) is 0 Å². The number of morpholine rings is 1. The number of nitrogens with zero attached hydrogens (tertiary/aromatic N) is 4. The number of ether oxygens (including phenoxy) is 2. The van der Waals surface area contributed by atoms with Crippen molar-refractivity contribution in [2.75, 3.05) is 58.4 Å². The van der Waals surface area contributed by atoms with Crippen LogP contribution < -0.4 is 10.1 Å². The van der Waals surface area contributed by atoms with E-state index in [9.17, 15) is 23.9 Å². The van der Waals surface area contributed by atoms with Crippen molar-refractivity contribution in [3.05, 3.63) is 76.7 Å². The van der Waals surface area contributed by atoms with E-state index in [-0.39, 0.29) is 41.9 Å². The summed E-state index contributed by atoms with van der Waals surface area (Å²) in [5, 5.41) is 17.3. The lowest BCUT2D eigenvalue weighted by Crippen LogP contribution is -2.45. The lowest BCUT2D eigenvalue weighted by molar-refractivity contribution is -0.136. The Morgan fingerprint density at radius 1 is 1.10 bits per heavy atom. The Labute approximate surface area is 236 Å². The average molecular weight is 566 g/mol. The van der Waals surface area contributed by atoms with E-state index in [2.05, 4.69) is 15.3 Å². The molecule has 1 amide bonds. The summed E-state index contributed by atoms with van der Waals surface area (Å²) < 4.78 is 25.8. The number of methoxy groups -OCH3 is 1. The molecule has 1 atom stereocenters. The van der Waals surface area contributed by atoms with Crippen molar-refractivity contribution >= 4 is 23.6 Å². The summed E-state index contributed by atoms with van der Waals surface area (Å²) in [6, 6.07) is 11.7. The number of carbonyl (C=O) groups excluding carboxylic acids is 2. The van der Waals surface area contributed by atoms with Crippen molar-refractivity contribution in [1.82, 2.24) is 19.6 Å². The fraction of sp³-hybridized carbons (Fsp3) is 0.379. The van der Waals surface area contributed by atoms with Gasteiger partial charge in [-0.15, -0.1) is 0 Å². The molecule has 2 saturated heterocycles. The Bertz CT molecular complexity index is 1420. The second-order valence-electron chi connectivity index (χ2n) is 10.1. The standard InChI is InChI=1S/C29H32FN5O6/c1-40-26-25(22-9-10-33(17-22)18-24(36)34-11-13-41-14-12-34)32-35(27(26)31-16-19-5-7-23(30)8-6-19)28(37)20-3-2-4-21(15-20)29(38)39/h2-8,15,22,31H,9-14,16-18H2,1H3,(H,38,39). The quantitative estimate of drug-likeness (QED) is 0.403. The molecule has 5 rings (SSSR count). The molecular weight excluding hydrogens is 533 g/mol. The van der Waals surface area contributed by atoms with Crippen LogP contribution in [0.4, 0.5) is 10.2 Å². The lowest BCUT2D eigenvalue weighted by atomic mass is 10.0. The number of hydrogen-bond acceptors (Lipinski definition) is 8. The highest BCUT2D eigenvalue weighted by Crippen LogP contribution is 2.38. The first-order valence-electron chi connectivity index (χ1n) is 13.4. The number of anilines is 1. The van der Waals surface area contributed by atoms with Gasteiger partial charge in [0.1, 0.15) is 11.5 Å². The summed E-state index contributed by atoms with van der Waals surface area (Å²) in [7, 11) is 1.50. The Morgan fingerprint density at radius 3 is 2.54 bits per heavy atom. The number of halogens is 1. The van der Waals surface area contributed by atoms with Crippen LogP contribution in [0.15, 0.2) is 48.5 Å². The van der Waals surface area contributed by atoms with Gasteiger partial charge in [-0.1, -0.05) is 18.2 Å². The molecule has 1 aromatic heterocycles. The maximum absolute atomic E-state index is 13.7. The summed E-state index contributed by atoms with van der Waals surface area (Å²) in [4.78, 5) is 41.9. The minimum absolute atomic E-state index is 0.0209. The van der Waals surface area contributed by atoms with E-state index in [1.54, 1.807) is 12.1 Å². The Balaban J connectivity index is 1.42. The third-order valence-electron chi connectivity index (χ3n) is 7.38. The number of hydrogen-bond donors (Lipinski definition) is 2. The van der Waals surface area contributed by atoms with Gasteiger partial charge in [0, 0.05) is 37.7 Å². The smallest absolute Gasteiger partial charge is 0.335 e. The van der Waals surface area contributed by atoms with Gasteiger partial charge in [0.05, 0.1) is 32.4 Å². The van der Waals surface area contributed by atoms with Gasteiger partial charge in [-0.25, -0.2) is 9.18 Å². The molecule has 2 aromatic carbocycles. The number of aromatic nitrogens is 2. The Hall–Kier alpha value is -4.29. The molecule has 3 heterocycles. The van der Waals surface area contributed by atoms with E-state index in [0.717, 1.165) is 5.56 Å². The molecule has 3 aromatic rings. The summed E-state index contributed by atoms with van der Waals surface area (Å²) in [6.07, 6.45) is 0.712. The SMILES string of the molecule is COc1c(C2CCN(CC(=O)N3CCOCC3)C2)nn(C(=O)c2cccc(C(=O)O)c2)c1NCc1ccc(F)cc1. The highest BCUT2D eigenvalue weighted by molar-refractivity contribution is 6.00. The van der Waals surface area contributed by atoms with Crippen LogP contribution in [-0.4, -0.2) is 95.5 Å². The Kier molecular flexibility index (Phi) is 8.60. The molecule has 12 heteroatoms. The Morgan fingerprint density at radius 2 is 1.83 bits per heavy atom. The zero-order valence-electron chi connectivity index (χ0n) is 22.7. The summed E-state index contributed by atoms with van der Waals surface area (Å²) in [6.45, 7) is 4.05. The fourth-order valence-electron chi connectivity index (χ4n) is 5.19. The largest absolute Gasteiger partial charge is 0.491 e. The molecule has 0 bridgehead atoms. The molecule has 0 radical (unpaired) electrons. The van der Waals surface area contributed by atoms with E-state index in [1.807, 2.05) is 4.90 Å². The van der Waals surface area contributed by atoms with Gasteiger partial charge in [0.15, 0.2) is 11.6 Å². The van der Waals surface area contributed by atoms with Crippen LogP contribution in [-0.2, 0) is 16.1 Å².